The Balaban J connectivity index is 1.70. The molecule has 1 amide bonds. The monoisotopic (exact) mass is 401 g/mol. The molecule has 2 aliphatic rings. The number of carbonyl (C=O) groups excluding carboxylic acids is 1. The highest BCUT2D eigenvalue weighted by molar-refractivity contribution is 6.62. The van der Waals surface area contributed by atoms with Crippen LogP contribution in [0.5, 0.6) is 0 Å². The molecule has 0 unspecified atom stereocenters. The van der Waals surface area contributed by atoms with Gasteiger partial charge in [0.05, 0.1) is 11.2 Å². The van der Waals surface area contributed by atoms with E-state index in [4.69, 9.17) is 14.0 Å². The lowest BCUT2D eigenvalue weighted by molar-refractivity contribution is 0.00578. The molecule has 0 atom stereocenters. The number of ether oxygens (including phenoxy) is 1. The first-order valence-corrected chi connectivity index (χ1v) is 10.7. The largest absolute Gasteiger partial charge is 0.494 e. The van der Waals surface area contributed by atoms with E-state index in [9.17, 15) is 4.79 Å². The molecule has 160 valence electrons. The first-order chi connectivity index (χ1) is 13.3. The van der Waals surface area contributed by atoms with Gasteiger partial charge in [0, 0.05) is 13.1 Å². The summed E-state index contributed by atoms with van der Waals surface area (Å²) in [6.07, 6.45) is 1.67. The molecule has 29 heavy (non-hydrogen) atoms. The molecule has 0 aliphatic carbocycles. The average molecular weight is 401 g/mol. The molecule has 1 aromatic carbocycles. The van der Waals surface area contributed by atoms with Gasteiger partial charge in [0.2, 0.25) is 0 Å². The predicted molar refractivity (Wildman–Crippen MR) is 117 cm³/mol. The lowest BCUT2D eigenvalue weighted by atomic mass is 9.75. The summed E-state index contributed by atoms with van der Waals surface area (Å²) in [6, 6.07) is 6.51. The number of benzene rings is 1. The third-order valence-corrected chi connectivity index (χ3v) is 6.42. The standard InChI is InChI=1S/C23H36BNO4/c1-16-9-10-18(24-28-22(5,6)23(7,8)29-24)15-19(16)17-11-13-25(14-12-17)20(26)27-21(2,3)4/h9-10,15,17H,11-14H2,1-8H3. The zero-order valence-electron chi connectivity index (χ0n) is 19.3. The highest BCUT2D eigenvalue weighted by Crippen LogP contribution is 2.37. The fraction of sp³-hybridized carbons (Fsp3) is 0.696. The molecule has 0 radical (unpaired) electrons. The van der Waals surface area contributed by atoms with Gasteiger partial charge in [-0.1, -0.05) is 18.2 Å². The Morgan fingerprint density at radius 3 is 2.17 bits per heavy atom. The lowest BCUT2D eigenvalue weighted by Crippen LogP contribution is -2.41. The maximum absolute atomic E-state index is 12.3. The van der Waals surface area contributed by atoms with Crippen molar-refractivity contribution in [2.45, 2.75) is 91.0 Å². The van der Waals surface area contributed by atoms with Crippen molar-refractivity contribution in [3.8, 4) is 0 Å². The Morgan fingerprint density at radius 1 is 1.10 bits per heavy atom. The lowest BCUT2D eigenvalue weighted by Gasteiger charge is -2.34. The second-order valence-electron chi connectivity index (χ2n) is 10.4. The molecule has 2 fully saturated rings. The maximum atomic E-state index is 12.3. The van der Waals surface area contributed by atoms with Crippen LogP contribution in [0.2, 0.25) is 0 Å². The molecule has 0 bridgehead atoms. The summed E-state index contributed by atoms with van der Waals surface area (Å²) in [6.45, 7) is 17.6. The van der Waals surface area contributed by atoms with E-state index in [2.05, 4.69) is 52.8 Å². The fourth-order valence-corrected chi connectivity index (χ4v) is 3.92. The molecule has 1 aromatic rings. The van der Waals surface area contributed by atoms with Crippen LogP contribution in [0, 0.1) is 6.92 Å². The van der Waals surface area contributed by atoms with Crippen molar-refractivity contribution in [3.63, 3.8) is 0 Å². The van der Waals surface area contributed by atoms with Crippen LogP contribution in [0.15, 0.2) is 18.2 Å². The molecular formula is C23H36BNO4. The van der Waals surface area contributed by atoms with Gasteiger partial charge < -0.3 is 18.9 Å². The van der Waals surface area contributed by atoms with E-state index in [1.165, 1.54) is 11.1 Å². The second kappa shape index (κ2) is 7.62. The number of likely N-dealkylation sites (tertiary alicyclic amines) is 1. The minimum Gasteiger partial charge on any atom is -0.444 e. The van der Waals surface area contributed by atoms with Crippen LogP contribution >= 0.6 is 0 Å². The van der Waals surface area contributed by atoms with E-state index in [-0.39, 0.29) is 24.4 Å². The van der Waals surface area contributed by atoms with Crippen LogP contribution in [0.25, 0.3) is 0 Å². The second-order valence-corrected chi connectivity index (χ2v) is 10.4. The molecular weight excluding hydrogens is 365 g/mol. The molecule has 0 N–H and O–H groups in total. The van der Waals surface area contributed by atoms with Crippen molar-refractivity contribution in [3.05, 3.63) is 29.3 Å². The van der Waals surface area contributed by atoms with Crippen molar-refractivity contribution in [2.75, 3.05) is 13.1 Å². The topological polar surface area (TPSA) is 48.0 Å². The average Bonchev–Trinajstić information content (AvgIpc) is 2.81. The maximum Gasteiger partial charge on any atom is 0.494 e. The van der Waals surface area contributed by atoms with Crippen molar-refractivity contribution < 1.29 is 18.8 Å². The number of rotatable bonds is 2. The van der Waals surface area contributed by atoms with Gasteiger partial charge in [-0.25, -0.2) is 4.79 Å². The quantitative estimate of drug-likeness (QED) is 0.689. The molecule has 0 spiro atoms. The van der Waals surface area contributed by atoms with Crippen LogP contribution in [0.3, 0.4) is 0 Å². The molecule has 0 saturated carbocycles. The summed E-state index contributed by atoms with van der Waals surface area (Å²) in [5.74, 6) is 0.427. The normalized spacial score (nSPS) is 22.1. The van der Waals surface area contributed by atoms with Gasteiger partial charge in [-0.15, -0.1) is 0 Å². The Labute approximate surface area is 176 Å². The smallest absolute Gasteiger partial charge is 0.444 e. The first kappa shape index (κ1) is 22.2. The number of hydrogen-bond acceptors (Lipinski definition) is 4. The highest BCUT2D eigenvalue weighted by Gasteiger charge is 2.51. The van der Waals surface area contributed by atoms with Gasteiger partial charge in [-0.2, -0.15) is 0 Å². The zero-order chi connectivity index (χ0) is 21.6. The molecule has 6 heteroatoms. The number of carbonyl (C=O) groups is 1. The molecule has 5 nitrogen and oxygen atoms in total. The summed E-state index contributed by atoms with van der Waals surface area (Å²) < 4.78 is 18.0. The van der Waals surface area contributed by atoms with Gasteiger partial charge in [-0.05, 0) is 90.7 Å². The van der Waals surface area contributed by atoms with E-state index >= 15 is 0 Å². The number of piperidine rings is 1. The summed E-state index contributed by atoms with van der Waals surface area (Å²) >= 11 is 0. The SMILES string of the molecule is Cc1ccc(B2OC(C)(C)C(C)(C)O2)cc1C1CCN(C(=O)OC(C)(C)C)CC1. The predicted octanol–water partition coefficient (Wildman–Crippen LogP) is 4.41. The Hall–Kier alpha value is -1.53. The van der Waals surface area contributed by atoms with Crippen LogP contribution in [0.1, 0.15) is 78.4 Å². The minimum absolute atomic E-state index is 0.210. The first-order valence-electron chi connectivity index (χ1n) is 10.7. The Bertz CT molecular complexity index is 745. The number of aryl methyl sites for hydroxylation is 1. The zero-order valence-corrected chi connectivity index (χ0v) is 19.3. The van der Waals surface area contributed by atoms with Crippen molar-refractivity contribution in [2.24, 2.45) is 0 Å². The Morgan fingerprint density at radius 2 is 1.66 bits per heavy atom. The number of amides is 1. The minimum atomic E-state index is -0.457. The summed E-state index contributed by atoms with van der Waals surface area (Å²) in [5, 5.41) is 0. The number of hydrogen-bond donors (Lipinski definition) is 0. The Kier molecular flexibility index (Phi) is 5.83. The van der Waals surface area contributed by atoms with Gasteiger partial charge in [0.1, 0.15) is 5.60 Å². The van der Waals surface area contributed by atoms with E-state index in [1.807, 2.05) is 25.7 Å². The molecule has 2 saturated heterocycles. The van der Waals surface area contributed by atoms with E-state index < -0.39 is 5.60 Å². The van der Waals surface area contributed by atoms with E-state index in [0.717, 1.165) is 31.4 Å². The van der Waals surface area contributed by atoms with Crippen molar-refractivity contribution in [1.29, 1.82) is 0 Å². The van der Waals surface area contributed by atoms with Crippen LogP contribution in [-0.2, 0) is 14.0 Å². The molecule has 2 heterocycles. The summed E-state index contributed by atoms with van der Waals surface area (Å²) in [5.41, 5.74) is 2.53. The van der Waals surface area contributed by atoms with E-state index in [1.54, 1.807) is 0 Å². The van der Waals surface area contributed by atoms with Crippen LogP contribution in [-0.4, -0.2) is 48.0 Å². The summed E-state index contributed by atoms with van der Waals surface area (Å²) in [4.78, 5) is 14.2. The van der Waals surface area contributed by atoms with Crippen molar-refractivity contribution >= 4 is 18.7 Å². The van der Waals surface area contributed by atoms with Gasteiger partial charge >= 0.3 is 13.2 Å². The van der Waals surface area contributed by atoms with Gasteiger partial charge in [0.25, 0.3) is 0 Å². The molecule has 0 aromatic heterocycles. The van der Waals surface area contributed by atoms with Gasteiger partial charge in [-0.3, -0.25) is 0 Å². The fourth-order valence-electron chi connectivity index (χ4n) is 3.92. The molecule has 2 aliphatic heterocycles. The summed E-state index contributed by atoms with van der Waals surface area (Å²) in [7, 11) is -0.346. The van der Waals surface area contributed by atoms with Crippen LogP contribution in [0.4, 0.5) is 4.79 Å². The van der Waals surface area contributed by atoms with Gasteiger partial charge in [0.15, 0.2) is 0 Å². The van der Waals surface area contributed by atoms with E-state index in [0.29, 0.717) is 5.92 Å². The van der Waals surface area contributed by atoms with Crippen LogP contribution < -0.4 is 5.46 Å². The highest BCUT2D eigenvalue weighted by atomic mass is 16.7. The third-order valence-electron chi connectivity index (χ3n) is 6.42. The number of nitrogens with zero attached hydrogens (tertiary/aromatic N) is 1. The molecule has 3 rings (SSSR count). The third kappa shape index (κ3) is 4.80. The van der Waals surface area contributed by atoms with Crippen molar-refractivity contribution in [1.82, 2.24) is 4.90 Å².